The van der Waals surface area contributed by atoms with Crippen molar-refractivity contribution in [2.24, 2.45) is 11.7 Å². The quantitative estimate of drug-likeness (QED) is 0.811. The van der Waals surface area contributed by atoms with Crippen molar-refractivity contribution in [2.45, 2.75) is 38.1 Å². The Hall–Kier alpha value is -1.66. The van der Waals surface area contributed by atoms with E-state index in [4.69, 9.17) is 5.73 Å². The number of amides is 1. The minimum atomic E-state index is 0.178. The van der Waals surface area contributed by atoms with Gasteiger partial charge in [-0.3, -0.25) is 9.69 Å². The van der Waals surface area contributed by atoms with Gasteiger partial charge in [-0.15, -0.1) is 0 Å². The van der Waals surface area contributed by atoms with Gasteiger partial charge in [0.05, 0.1) is 0 Å². The van der Waals surface area contributed by atoms with Gasteiger partial charge in [0, 0.05) is 51.4 Å². The maximum Gasteiger partial charge on any atom is 0.221 e. The molecule has 2 heterocycles. The smallest absolute Gasteiger partial charge is 0.221 e. The molecule has 3 N–H and O–H groups in total. The van der Waals surface area contributed by atoms with Crippen LogP contribution in [0.15, 0.2) is 24.4 Å². The molecule has 2 aliphatic rings. The lowest BCUT2D eigenvalue weighted by molar-refractivity contribution is -0.122. The molecule has 2 atom stereocenters. The average Bonchev–Trinajstić information content (AvgIpc) is 2.68. The molecule has 0 radical (unpaired) electrons. The second kappa shape index (κ2) is 9.15. The van der Waals surface area contributed by atoms with E-state index in [1.807, 2.05) is 18.3 Å². The SMILES string of the molecule is NCC1CCCCC1NC(=O)CCN1CCN(c2ccccn2)CC1. The van der Waals surface area contributed by atoms with Crippen LogP contribution in [0.25, 0.3) is 0 Å². The molecule has 6 heteroatoms. The molecular weight excluding hydrogens is 314 g/mol. The lowest BCUT2D eigenvalue weighted by Crippen LogP contribution is -2.48. The van der Waals surface area contributed by atoms with Crippen LogP contribution in [0.3, 0.4) is 0 Å². The summed E-state index contributed by atoms with van der Waals surface area (Å²) >= 11 is 0. The molecule has 1 aliphatic heterocycles. The highest BCUT2D eigenvalue weighted by molar-refractivity contribution is 5.76. The van der Waals surface area contributed by atoms with Crippen LogP contribution in [-0.2, 0) is 4.79 Å². The third-order valence-electron chi connectivity index (χ3n) is 5.56. The first-order valence-corrected chi connectivity index (χ1v) is 9.64. The van der Waals surface area contributed by atoms with E-state index in [0.29, 0.717) is 18.9 Å². The standard InChI is InChI=1S/C19H31N5O/c20-15-16-5-1-2-6-17(16)22-19(25)8-10-23-11-13-24(14-12-23)18-7-3-4-9-21-18/h3-4,7,9,16-17H,1-2,5-6,8,10-15,20H2,(H,22,25). The molecule has 1 aromatic heterocycles. The highest BCUT2D eigenvalue weighted by Gasteiger charge is 2.25. The van der Waals surface area contributed by atoms with Crippen molar-refractivity contribution in [3.05, 3.63) is 24.4 Å². The van der Waals surface area contributed by atoms with Gasteiger partial charge in [-0.2, -0.15) is 0 Å². The fourth-order valence-corrected chi connectivity index (χ4v) is 3.96. The largest absolute Gasteiger partial charge is 0.354 e. The maximum atomic E-state index is 12.3. The predicted molar refractivity (Wildman–Crippen MR) is 100 cm³/mol. The van der Waals surface area contributed by atoms with E-state index in [1.54, 1.807) is 0 Å². The number of carbonyl (C=O) groups is 1. The Labute approximate surface area is 150 Å². The molecule has 0 bridgehead atoms. The maximum absolute atomic E-state index is 12.3. The Morgan fingerprint density at radius 3 is 2.72 bits per heavy atom. The number of hydrogen-bond acceptors (Lipinski definition) is 5. The van der Waals surface area contributed by atoms with Crippen molar-refractivity contribution in [3.8, 4) is 0 Å². The summed E-state index contributed by atoms with van der Waals surface area (Å²) in [6, 6.07) is 6.31. The normalized spacial score (nSPS) is 24.9. The Balaban J connectivity index is 1.37. The van der Waals surface area contributed by atoms with E-state index < -0.39 is 0 Å². The van der Waals surface area contributed by atoms with E-state index in [2.05, 4.69) is 26.2 Å². The second-order valence-electron chi connectivity index (χ2n) is 7.22. The van der Waals surface area contributed by atoms with Crippen molar-refractivity contribution in [1.82, 2.24) is 15.2 Å². The van der Waals surface area contributed by atoms with Crippen molar-refractivity contribution in [3.63, 3.8) is 0 Å². The van der Waals surface area contributed by atoms with Crippen molar-refractivity contribution >= 4 is 11.7 Å². The van der Waals surface area contributed by atoms with E-state index >= 15 is 0 Å². The summed E-state index contributed by atoms with van der Waals surface area (Å²) < 4.78 is 0. The third-order valence-corrected chi connectivity index (χ3v) is 5.56. The first-order chi connectivity index (χ1) is 12.3. The van der Waals surface area contributed by atoms with Crippen molar-refractivity contribution in [2.75, 3.05) is 44.2 Å². The summed E-state index contributed by atoms with van der Waals surface area (Å²) in [5.74, 6) is 1.68. The van der Waals surface area contributed by atoms with Gasteiger partial charge >= 0.3 is 0 Å². The van der Waals surface area contributed by atoms with Crippen LogP contribution in [0.5, 0.6) is 0 Å². The summed E-state index contributed by atoms with van der Waals surface area (Å²) in [5.41, 5.74) is 5.85. The van der Waals surface area contributed by atoms with Crippen LogP contribution in [0.4, 0.5) is 5.82 Å². The number of nitrogens with two attached hydrogens (primary N) is 1. The topological polar surface area (TPSA) is 74.5 Å². The number of piperazine rings is 1. The Kier molecular flexibility index (Phi) is 6.64. The monoisotopic (exact) mass is 345 g/mol. The van der Waals surface area contributed by atoms with E-state index in [9.17, 15) is 4.79 Å². The summed E-state index contributed by atoms with van der Waals surface area (Å²) in [4.78, 5) is 21.4. The summed E-state index contributed by atoms with van der Waals surface area (Å²) in [7, 11) is 0. The lowest BCUT2D eigenvalue weighted by atomic mass is 9.84. The van der Waals surface area contributed by atoms with E-state index in [-0.39, 0.29) is 11.9 Å². The second-order valence-corrected chi connectivity index (χ2v) is 7.22. The molecule has 25 heavy (non-hydrogen) atoms. The molecule has 2 fully saturated rings. The number of rotatable bonds is 6. The third kappa shape index (κ3) is 5.16. The number of pyridine rings is 1. The molecule has 6 nitrogen and oxygen atoms in total. The molecule has 138 valence electrons. The first-order valence-electron chi connectivity index (χ1n) is 9.64. The number of nitrogens with zero attached hydrogens (tertiary/aromatic N) is 3. The predicted octanol–water partition coefficient (Wildman–Crippen LogP) is 1.23. The Bertz CT molecular complexity index is 530. The van der Waals surface area contributed by atoms with Crippen LogP contribution in [-0.4, -0.2) is 61.1 Å². The van der Waals surface area contributed by atoms with Gasteiger partial charge in [0.2, 0.25) is 5.91 Å². The summed E-state index contributed by atoms with van der Waals surface area (Å²) in [5, 5.41) is 3.23. The van der Waals surface area contributed by atoms with E-state index in [0.717, 1.165) is 51.4 Å². The minimum absolute atomic E-state index is 0.178. The molecule has 0 aromatic carbocycles. The summed E-state index contributed by atoms with van der Waals surface area (Å²) in [6.45, 7) is 5.42. The van der Waals surface area contributed by atoms with Gasteiger partial charge in [-0.05, 0) is 37.4 Å². The zero-order valence-corrected chi connectivity index (χ0v) is 15.1. The lowest BCUT2D eigenvalue weighted by Gasteiger charge is -2.35. The zero-order chi connectivity index (χ0) is 17.5. The minimum Gasteiger partial charge on any atom is -0.354 e. The van der Waals surface area contributed by atoms with Crippen molar-refractivity contribution < 1.29 is 4.79 Å². The molecular formula is C19H31N5O. The number of hydrogen-bond donors (Lipinski definition) is 2. The zero-order valence-electron chi connectivity index (χ0n) is 15.1. The van der Waals surface area contributed by atoms with Gasteiger partial charge in [0.15, 0.2) is 0 Å². The van der Waals surface area contributed by atoms with Gasteiger partial charge in [-0.25, -0.2) is 4.98 Å². The highest BCUT2D eigenvalue weighted by Crippen LogP contribution is 2.23. The number of carbonyl (C=O) groups excluding carboxylic acids is 1. The van der Waals surface area contributed by atoms with Crippen LogP contribution in [0, 0.1) is 5.92 Å². The van der Waals surface area contributed by atoms with Crippen LogP contribution >= 0.6 is 0 Å². The molecule has 1 aliphatic carbocycles. The molecule has 1 aromatic rings. The molecule has 1 saturated carbocycles. The fourth-order valence-electron chi connectivity index (χ4n) is 3.96. The van der Waals surface area contributed by atoms with Crippen LogP contribution in [0.2, 0.25) is 0 Å². The molecule has 1 saturated heterocycles. The van der Waals surface area contributed by atoms with Crippen LogP contribution < -0.4 is 16.0 Å². The molecule has 2 unspecified atom stereocenters. The average molecular weight is 345 g/mol. The number of nitrogens with one attached hydrogen (secondary N) is 1. The Morgan fingerprint density at radius 1 is 1.20 bits per heavy atom. The highest BCUT2D eigenvalue weighted by atomic mass is 16.1. The fraction of sp³-hybridized carbons (Fsp3) is 0.684. The van der Waals surface area contributed by atoms with Crippen molar-refractivity contribution in [1.29, 1.82) is 0 Å². The first kappa shape index (κ1) is 18.1. The van der Waals surface area contributed by atoms with Gasteiger partial charge in [-0.1, -0.05) is 18.9 Å². The van der Waals surface area contributed by atoms with E-state index in [1.165, 1.54) is 12.8 Å². The molecule has 1 amide bonds. The number of aromatic nitrogens is 1. The van der Waals surface area contributed by atoms with Gasteiger partial charge < -0.3 is 16.0 Å². The Morgan fingerprint density at radius 2 is 2.00 bits per heavy atom. The number of anilines is 1. The van der Waals surface area contributed by atoms with Crippen LogP contribution in [0.1, 0.15) is 32.1 Å². The van der Waals surface area contributed by atoms with Gasteiger partial charge in [0.25, 0.3) is 0 Å². The molecule has 0 spiro atoms. The summed E-state index contributed by atoms with van der Waals surface area (Å²) in [6.07, 6.45) is 7.10. The van der Waals surface area contributed by atoms with Gasteiger partial charge in [0.1, 0.15) is 5.82 Å². The molecule has 3 rings (SSSR count).